The van der Waals surface area contributed by atoms with E-state index in [0.29, 0.717) is 23.7 Å². The number of fused-ring (bicyclic) bond motifs is 4. The van der Waals surface area contributed by atoms with Crippen molar-refractivity contribution in [1.29, 1.82) is 0 Å². The lowest BCUT2D eigenvalue weighted by molar-refractivity contribution is -0.116. The van der Waals surface area contributed by atoms with Gasteiger partial charge in [0.1, 0.15) is 6.23 Å². The van der Waals surface area contributed by atoms with Gasteiger partial charge in [0.25, 0.3) is 0 Å². The third-order valence-corrected chi connectivity index (χ3v) is 8.42. The molecule has 6 bridgehead atoms. The average Bonchev–Trinajstić information content (AvgIpc) is 3.46. The molecule has 1 amide bonds. The number of nitrogens with two attached hydrogens (primary N) is 1. The van der Waals surface area contributed by atoms with E-state index in [9.17, 15) is 14.3 Å². The molecule has 4 N–H and O–H groups in total. The lowest BCUT2D eigenvalue weighted by Crippen LogP contribution is -2.42. The maximum absolute atomic E-state index is 14.6. The van der Waals surface area contributed by atoms with Crippen LogP contribution in [0.25, 0.3) is 0 Å². The van der Waals surface area contributed by atoms with E-state index in [0.717, 1.165) is 36.7 Å². The van der Waals surface area contributed by atoms with Gasteiger partial charge in [0.2, 0.25) is 11.9 Å². The topological polar surface area (TPSA) is 117 Å². The number of carbonyl (C=O) groups is 1. The Morgan fingerprint density at radius 2 is 2.22 bits per heavy atom. The second kappa shape index (κ2) is 7.50. The van der Waals surface area contributed by atoms with Crippen LogP contribution in [0.4, 0.5) is 27.5 Å². The Hall–Kier alpha value is -2.56. The van der Waals surface area contributed by atoms with Crippen LogP contribution in [0, 0.1) is 23.6 Å². The van der Waals surface area contributed by atoms with Crippen molar-refractivity contribution < 1.29 is 14.3 Å². The van der Waals surface area contributed by atoms with Crippen LogP contribution in [-0.4, -0.2) is 50.5 Å². The van der Waals surface area contributed by atoms with E-state index in [-0.39, 0.29) is 40.7 Å². The molecule has 6 rings (SSSR count). The van der Waals surface area contributed by atoms with Crippen LogP contribution < -0.4 is 16.0 Å². The van der Waals surface area contributed by atoms with Crippen molar-refractivity contribution in [2.24, 2.45) is 28.5 Å². The van der Waals surface area contributed by atoms with Crippen molar-refractivity contribution in [2.75, 3.05) is 22.5 Å². The van der Waals surface area contributed by atoms with Crippen LogP contribution in [-0.2, 0) is 11.2 Å². The number of aliphatic hydroxyl groups excluding tert-OH is 1. The normalized spacial score (nSPS) is 29.3. The van der Waals surface area contributed by atoms with Gasteiger partial charge in [0, 0.05) is 40.7 Å². The molecular weight excluding hydrogens is 431 g/mol. The number of halogens is 1. The molecule has 2 aliphatic carbocycles. The number of amides is 1. The fourth-order valence-corrected chi connectivity index (χ4v) is 7.02. The first-order chi connectivity index (χ1) is 15.5. The molecule has 2 fully saturated rings. The molecule has 0 saturated heterocycles. The highest BCUT2D eigenvalue weighted by Crippen LogP contribution is 2.52. The van der Waals surface area contributed by atoms with Crippen molar-refractivity contribution in [2.45, 2.75) is 30.7 Å². The van der Waals surface area contributed by atoms with Crippen LogP contribution in [0.5, 0.6) is 0 Å². The highest BCUT2D eigenvalue weighted by atomic mass is 32.2. The number of aliphatic imine (C=N–C) groups is 1. The van der Waals surface area contributed by atoms with E-state index >= 15 is 0 Å². The van der Waals surface area contributed by atoms with Crippen molar-refractivity contribution in [1.82, 2.24) is 9.97 Å². The van der Waals surface area contributed by atoms with Crippen LogP contribution >= 0.6 is 11.8 Å². The molecule has 1 aromatic carbocycles. The standard InChI is InChI=1S/C22H23FN6O2S/c23-14-8-25-22-26-12-2-1-10-3-4-29(15(10)7-12)17(30)9-32-16-6-11-5-13(16)19(18(11)20(24)31)27-21(14)28-22/h1-2,7-8,11,13,16,18,20,31H,3-6,9,24H2,(H,25,26,28)/t11-,13+,16+,18-,20?/m0/s1. The minimum atomic E-state index is -1.06. The van der Waals surface area contributed by atoms with Gasteiger partial charge in [-0.1, -0.05) is 6.07 Å². The van der Waals surface area contributed by atoms with E-state index in [4.69, 9.17) is 5.73 Å². The van der Waals surface area contributed by atoms with Gasteiger partial charge in [-0.25, -0.2) is 14.4 Å². The number of nitrogens with one attached hydrogen (secondary N) is 1. The van der Waals surface area contributed by atoms with E-state index in [1.807, 2.05) is 23.1 Å². The lowest BCUT2D eigenvalue weighted by atomic mass is 9.85. The number of hydrogen-bond donors (Lipinski definition) is 3. The van der Waals surface area contributed by atoms with E-state index in [2.05, 4.69) is 20.3 Å². The smallest absolute Gasteiger partial charge is 0.237 e. The minimum absolute atomic E-state index is 0.0343. The third kappa shape index (κ3) is 3.20. The van der Waals surface area contributed by atoms with Gasteiger partial charge >= 0.3 is 0 Å². The largest absolute Gasteiger partial charge is 0.378 e. The molecule has 0 radical (unpaired) electrons. The number of rotatable bonds is 1. The summed E-state index contributed by atoms with van der Waals surface area (Å²) in [6.45, 7) is 0.667. The predicted molar refractivity (Wildman–Crippen MR) is 121 cm³/mol. The average molecular weight is 455 g/mol. The van der Waals surface area contributed by atoms with Crippen molar-refractivity contribution in [3.8, 4) is 0 Å². The van der Waals surface area contributed by atoms with Crippen LogP contribution in [0.2, 0.25) is 0 Å². The van der Waals surface area contributed by atoms with Gasteiger partial charge in [-0.3, -0.25) is 4.79 Å². The van der Waals surface area contributed by atoms with Gasteiger partial charge in [-0.2, -0.15) is 4.98 Å². The number of nitrogens with zero attached hydrogens (tertiary/aromatic N) is 4. The van der Waals surface area contributed by atoms with Gasteiger partial charge in [0.05, 0.1) is 11.9 Å². The molecule has 2 saturated carbocycles. The van der Waals surface area contributed by atoms with Crippen molar-refractivity contribution in [3.05, 3.63) is 35.8 Å². The zero-order chi connectivity index (χ0) is 22.0. The summed E-state index contributed by atoms with van der Waals surface area (Å²) in [6, 6.07) is 5.81. The summed E-state index contributed by atoms with van der Waals surface area (Å²) < 4.78 is 14.6. The number of thioether (sulfide) groups is 1. The highest BCUT2D eigenvalue weighted by Gasteiger charge is 2.52. The summed E-state index contributed by atoms with van der Waals surface area (Å²) in [5.74, 6) is -0.144. The zero-order valence-electron chi connectivity index (χ0n) is 17.2. The second-order valence-corrected chi connectivity index (χ2v) is 10.1. The van der Waals surface area contributed by atoms with Crippen LogP contribution in [0.15, 0.2) is 29.4 Å². The van der Waals surface area contributed by atoms with E-state index < -0.39 is 12.0 Å². The molecule has 2 aliphatic heterocycles. The fourth-order valence-electron chi connectivity index (χ4n) is 5.65. The van der Waals surface area contributed by atoms with E-state index in [1.54, 1.807) is 11.8 Å². The summed E-state index contributed by atoms with van der Waals surface area (Å²) in [5.41, 5.74) is 9.31. The molecule has 10 heteroatoms. The number of benzene rings is 1. The molecular formula is C22H23FN6O2S. The van der Waals surface area contributed by atoms with Crippen molar-refractivity contribution >= 4 is 46.5 Å². The zero-order valence-corrected chi connectivity index (χ0v) is 18.1. The molecule has 1 unspecified atom stereocenters. The number of aromatic nitrogens is 2. The second-order valence-electron chi connectivity index (χ2n) is 8.87. The molecule has 3 heterocycles. The molecule has 32 heavy (non-hydrogen) atoms. The SMILES string of the molecule is NC(O)[C@@H]1C2=Nc3nc(ncc3F)Nc3ccc4c(c3)N(CC4)C(=O)CS[C@@H]3C[C@@H]1C[C@@H]23. The molecule has 8 nitrogen and oxygen atoms in total. The minimum Gasteiger partial charge on any atom is -0.378 e. The predicted octanol–water partition coefficient (Wildman–Crippen LogP) is 2.37. The van der Waals surface area contributed by atoms with Gasteiger partial charge in [-0.05, 0) is 42.9 Å². The van der Waals surface area contributed by atoms with Gasteiger partial charge < -0.3 is 21.1 Å². The first kappa shape index (κ1) is 20.1. The molecule has 2 aromatic rings. The Bertz CT molecular complexity index is 1140. The summed E-state index contributed by atoms with van der Waals surface area (Å²) in [6.07, 6.45) is 2.55. The summed E-state index contributed by atoms with van der Waals surface area (Å²) in [5, 5.41) is 13.5. The number of aliphatic hydroxyl groups is 1. The Labute approximate surface area is 188 Å². The first-order valence-electron chi connectivity index (χ1n) is 10.8. The van der Waals surface area contributed by atoms with E-state index in [1.165, 1.54) is 0 Å². The van der Waals surface area contributed by atoms with Crippen LogP contribution in [0.1, 0.15) is 18.4 Å². The summed E-state index contributed by atoms with van der Waals surface area (Å²) in [7, 11) is 0. The Kier molecular flexibility index (Phi) is 4.70. The first-order valence-corrected chi connectivity index (χ1v) is 11.9. The quantitative estimate of drug-likeness (QED) is 0.567. The number of hydrogen-bond acceptors (Lipinski definition) is 8. The Morgan fingerprint density at radius 1 is 1.34 bits per heavy atom. The Morgan fingerprint density at radius 3 is 3.06 bits per heavy atom. The summed E-state index contributed by atoms with van der Waals surface area (Å²) in [4.78, 5) is 27.9. The third-order valence-electron chi connectivity index (χ3n) is 7.06. The highest BCUT2D eigenvalue weighted by molar-refractivity contribution is 8.00. The lowest BCUT2D eigenvalue weighted by Gasteiger charge is -2.31. The molecule has 166 valence electrons. The molecule has 0 spiro atoms. The maximum Gasteiger partial charge on any atom is 0.237 e. The van der Waals surface area contributed by atoms with Crippen LogP contribution in [0.3, 0.4) is 0 Å². The molecule has 5 atom stereocenters. The number of carbonyl (C=O) groups excluding carboxylic acids is 1. The molecule has 1 aromatic heterocycles. The van der Waals surface area contributed by atoms with Gasteiger partial charge in [-0.15, -0.1) is 11.8 Å². The summed E-state index contributed by atoms with van der Waals surface area (Å²) >= 11 is 1.63. The Balaban J connectivity index is 1.46. The monoisotopic (exact) mass is 454 g/mol. The van der Waals surface area contributed by atoms with Crippen molar-refractivity contribution in [3.63, 3.8) is 0 Å². The maximum atomic E-state index is 14.6. The number of anilines is 3. The van der Waals surface area contributed by atoms with Gasteiger partial charge in [0.15, 0.2) is 11.6 Å². The fraction of sp³-hybridized carbons (Fsp3) is 0.455. The molecule has 4 aliphatic rings.